The highest BCUT2D eigenvalue weighted by Crippen LogP contribution is 2.13. The minimum absolute atomic E-state index is 0.0562. The van der Waals surface area contributed by atoms with Crippen molar-refractivity contribution >= 4 is 12.6 Å². The molecule has 0 saturated carbocycles. The van der Waals surface area contributed by atoms with Gasteiger partial charge in [0, 0.05) is 37.7 Å². The molecule has 0 radical (unpaired) electrons. The number of rotatable bonds is 3. The van der Waals surface area contributed by atoms with Gasteiger partial charge < -0.3 is 14.9 Å². The Kier molecular flexibility index (Phi) is 4.57. The molecule has 2 N–H and O–H groups in total. The first-order valence-corrected chi connectivity index (χ1v) is 6.54. The molecule has 1 fully saturated rings. The summed E-state index contributed by atoms with van der Waals surface area (Å²) in [5.74, 6) is -0.579. The van der Waals surface area contributed by atoms with Gasteiger partial charge in [-0.05, 0) is 25.6 Å². The van der Waals surface area contributed by atoms with Gasteiger partial charge in [-0.25, -0.2) is 4.39 Å². The quantitative estimate of drug-likeness (QED) is 0.734. The summed E-state index contributed by atoms with van der Waals surface area (Å²) in [6.07, 6.45) is 0. The average Bonchev–Trinajstić information content (AvgIpc) is 2.34. The van der Waals surface area contributed by atoms with Crippen molar-refractivity contribution in [1.29, 1.82) is 0 Å². The van der Waals surface area contributed by atoms with E-state index in [-0.39, 0.29) is 5.46 Å². The Morgan fingerprint density at radius 1 is 1.37 bits per heavy atom. The number of hydrogen-bond donors (Lipinski definition) is 2. The molecule has 2 rings (SSSR count). The Bertz CT molecular complexity index is 445. The normalized spacial score (nSPS) is 21.6. The Labute approximate surface area is 113 Å². The average molecular weight is 266 g/mol. The number of piperazine rings is 1. The summed E-state index contributed by atoms with van der Waals surface area (Å²) in [6, 6.07) is 4.97. The summed E-state index contributed by atoms with van der Waals surface area (Å²) in [5, 5.41) is 18.2. The number of nitrogens with zero attached hydrogens (tertiary/aromatic N) is 2. The maximum atomic E-state index is 13.4. The number of likely N-dealkylation sites (N-methyl/N-ethyl adjacent to an activating group) is 1. The highest BCUT2D eigenvalue weighted by molar-refractivity contribution is 6.58. The van der Waals surface area contributed by atoms with Gasteiger partial charge in [-0.3, -0.25) is 4.90 Å². The van der Waals surface area contributed by atoms with Crippen LogP contribution in [0, 0.1) is 5.82 Å². The molecule has 0 aromatic heterocycles. The molecule has 6 heteroatoms. The summed E-state index contributed by atoms with van der Waals surface area (Å²) in [5.41, 5.74) is 0.847. The Hall–Kier alpha value is -0.945. The lowest BCUT2D eigenvalue weighted by Gasteiger charge is -2.38. The minimum atomic E-state index is -1.76. The van der Waals surface area contributed by atoms with Crippen molar-refractivity contribution in [3.8, 4) is 0 Å². The molecule has 1 aliphatic heterocycles. The standard InChI is InChI=1S/C13H20BFN2O2/c1-10-8-16(2)5-6-17(10)9-11-3-4-13(15)12(7-11)14(18)19/h3-4,7,10,18-19H,5-6,8-9H2,1-2H3. The highest BCUT2D eigenvalue weighted by atomic mass is 19.1. The topological polar surface area (TPSA) is 46.9 Å². The van der Waals surface area contributed by atoms with Crippen LogP contribution in [0.1, 0.15) is 12.5 Å². The molecule has 0 aliphatic carbocycles. The van der Waals surface area contributed by atoms with Crippen molar-refractivity contribution in [2.24, 2.45) is 0 Å². The third-order valence-electron chi connectivity index (χ3n) is 3.69. The monoisotopic (exact) mass is 266 g/mol. The van der Waals surface area contributed by atoms with Crippen LogP contribution in [0.5, 0.6) is 0 Å². The lowest BCUT2D eigenvalue weighted by Crippen LogP contribution is -2.49. The van der Waals surface area contributed by atoms with Gasteiger partial charge in [0.1, 0.15) is 5.82 Å². The van der Waals surface area contributed by atoms with Crippen molar-refractivity contribution in [2.75, 3.05) is 26.7 Å². The van der Waals surface area contributed by atoms with Crippen LogP contribution in [0.15, 0.2) is 18.2 Å². The SMILES string of the molecule is CC1CN(C)CCN1Cc1ccc(F)c(B(O)O)c1. The molecule has 0 bridgehead atoms. The molecule has 104 valence electrons. The van der Waals surface area contributed by atoms with Crippen LogP contribution in [0.2, 0.25) is 0 Å². The summed E-state index contributed by atoms with van der Waals surface area (Å²) in [4.78, 5) is 4.61. The van der Waals surface area contributed by atoms with Crippen LogP contribution in [0.3, 0.4) is 0 Å². The van der Waals surface area contributed by atoms with Crippen molar-refractivity contribution in [3.63, 3.8) is 0 Å². The minimum Gasteiger partial charge on any atom is -0.423 e. The second-order valence-corrected chi connectivity index (χ2v) is 5.31. The smallest absolute Gasteiger partial charge is 0.423 e. The van der Waals surface area contributed by atoms with E-state index in [9.17, 15) is 4.39 Å². The van der Waals surface area contributed by atoms with Gasteiger partial charge in [-0.15, -0.1) is 0 Å². The van der Waals surface area contributed by atoms with E-state index in [1.807, 2.05) is 0 Å². The van der Waals surface area contributed by atoms with Gasteiger partial charge in [0.05, 0.1) is 0 Å². The van der Waals surface area contributed by atoms with Gasteiger partial charge in [0.2, 0.25) is 0 Å². The molecule has 1 aromatic carbocycles. The molecule has 19 heavy (non-hydrogen) atoms. The fourth-order valence-electron chi connectivity index (χ4n) is 2.54. The van der Waals surface area contributed by atoms with E-state index in [1.165, 1.54) is 12.1 Å². The third kappa shape index (κ3) is 3.54. The molecule has 1 aromatic rings. The molecule has 1 aliphatic rings. The van der Waals surface area contributed by atoms with Crippen LogP contribution < -0.4 is 5.46 Å². The molecular formula is C13H20BFN2O2. The van der Waals surface area contributed by atoms with E-state index < -0.39 is 12.9 Å². The fourth-order valence-corrected chi connectivity index (χ4v) is 2.54. The van der Waals surface area contributed by atoms with Crippen molar-refractivity contribution in [2.45, 2.75) is 19.5 Å². The highest BCUT2D eigenvalue weighted by Gasteiger charge is 2.22. The zero-order chi connectivity index (χ0) is 14.0. The molecule has 0 amide bonds. The second-order valence-electron chi connectivity index (χ2n) is 5.31. The van der Waals surface area contributed by atoms with E-state index in [4.69, 9.17) is 10.0 Å². The molecular weight excluding hydrogens is 246 g/mol. The van der Waals surface area contributed by atoms with E-state index in [0.717, 1.165) is 25.2 Å². The van der Waals surface area contributed by atoms with Gasteiger partial charge in [-0.2, -0.15) is 0 Å². The lowest BCUT2D eigenvalue weighted by molar-refractivity contribution is 0.0938. The van der Waals surface area contributed by atoms with E-state index in [2.05, 4.69) is 23.8 Å². The van der Waals surface area contributed by atoms with Crippen molar-refractivity contribution in [1.82, 2.24) is 9.80 Å². The first-order valence-electron chi connectivity index (χ1n) is 6.54. The van der Waals surface area contributed by atoms with Gasteiger partial charge in [0.25, 0.3) is 0 Å². The largest absolute Gasteiger partial charge is 0.491 e. The van der Waals surface area contributed by atoms with E-state index in [0.29, 0.717) is 12.6 Å². The third-order valence-corrected chi connectivity index (χ3v) is 3.69. The second kappa shape index (κ2) is 6.01. The molecule has 4 nitrogen and oxygen atoms in total. The molecule has 0 spiro atoms. The van der Waals surface area contributed by atoms with Crippen molar-refractivity contribution < 1.29 is 14.4 Å². The van der Waals surface area contributed by atoms with Gasteiger partial charge in [0.15, 0.2) is 0 Å². The number of benzene rings is 1. The van der Waals surface area contributed by atoms with Gasteiger partial charge in [-0.1, -0.05) is 12.1 Å². The van der Waals surface area contributed by atoms with Crippen LogP contribution in [-0.2, 0) is 6.54 Å². The van der Waals surface area contributed by atoms with Crippen LogP contribution in [0.4, 0.5) is 4.39 Å². The molecule has 1 unspecified atom stereocenters. The lowest BCUT2D eigenvalue weighted by atomic mass is 9.79. The predicted octanol–water partition coefficient (Wildman–Crippen LogP) is -0.359. The first kappa shape index (κ1) is 14.5. The number of hydrogen-bond acceptors (Lipinski definition) is 4. The summed E-state index contributed by atoms with van der Waals surface area (Å²) in [6.45, 7) is 5.86. The molecule has 1 saturated heterocycles. The summed E-state index contributed by atoms with van der Waals surface area (Å²) in [7, 11) is 0.344. The fraction of sp³-hybridized carbons (Fsp3) is 0.538. The summed E-state index contributed by atoms with van der Waals surface area (Å²) >= 11 is 0. The maximum absolute atomic E-state index is 13.4. The maximum Gasteiger partial charge on any atom is 0.491 e. The van der Waals surface area contributed by atoms with Crippen LogP contribution in [-0.4, -0.2) is 59.7 Å². The molecule has 1 atom stereocenters. The molecule has 1 heterocycles. The zero-order valence-corrected chi connectivity index (χ0v) is 11.4. The Morgan fingerprint density at radius 2 is 2.11 bits per heavy atom. The Morgan fingerprint density at radius 3 is 2.74 bits per heavy atom. The van der Waals surface area contributed by atoms with Crippen LogP contribution in [0.25, 0.3) is 0 Å². The summed E-state index contributed by atoms with van der Waals surface area (Å²) < 4.78 is 13.4. The zero-order valence-electron chi connectivity index (χ0n) is 11.4. The predicted molar refractivity (Wildman–Crippen MR) is 73.6 cm³/mol. The first-order chi connectivity index (χ1) is 8.97. The number of halogens is 1. The van der Waals surface area contributed by atoms with Crippen molar-refractivity contribution in [3.05, 3.63) is 29.6 Å². The Balaban J connectivity index is 2.09. The van der Waals surface area contributed by atoms with Crippen LogP contribution >= 0.6 is 0 Å². The van der Waals surface area contributed by atoms with E-state index >= 15 is 0 Å². The van der Waals surface area contributed by atoms with Gasteiger partial charge >= 0.3 is 7.12 Å². The van der Waals surface area contributed by atoms with E-state index in [1.54, 1.807) is 6.07 Å².